The minimum atomic E-state index is 0.166. The van der Waals surface area contributed by atoms with Gasteiger partial charge in [0, 0.05) is 23.0 Å². The van der Waals surface area contributed by atoms with E-state index in [0.29, 0.717) is 6.61 Å². The van der Waals surface area contributed by atoms with Gasteiger partial charge in [0.1, 0.15) is 11.9 Å². The molecule has 1 saturated heterocycles. The number of rotatable bonds is 5. The van der Waals surface area contributed by atoms with Gasteiger partial charge in [0.25, 0.3) is 0 Å². The maximum absolute atomic E-state index is 6.07. The Kier molecular flexibility index (Phi) is 4.87. The van der Waals surface area contributed by atoms with Gasteiger partial charge in [0.15, 0.2) is 0 Å². The highest BCUT2D eigenvalue weighted by Gasteiger charge is 2.20. The van der Waals surface area contributed by atoms with Gasteiger partial charge in [0.05, 0.1) is 13.2 Å². The van der Waals surface area contributed by atoms with E-state index >= 15 is 0 Å². The Morgan fingerprint density at radius 1 is 1.56 bits per heavy atom. The molecule has 0 aromatic heterocycles. The van der Waals surface area contributed by atoms with Crippen molar-refractivity contribution >= 4 is 11.6 Å². The molecule has 0 radical (unpaired) electrons. The molecule has 18 heavy (non-hydrogen) atoms. The van der Waals surface area contributed by atoms with Crippen molar-refractivity contribution in [1.29, 1.82) is 0 Å². The van der Waals surface area contributed by atoms with E-state index in [1.54, 1.807) is 0 Å². The summed E-state index contributed by atoms with van der Waals surface area (Å²) in [5, 5.41) is 4.12. The first-order valence-corrected chi connectivity index (χ1v) is 6.85. The third-order valence-corrected chi connectivity index (χ3v) is 3.37. The highest BCUT2D eigenvalue weighted by atomic mass is 35.5. The molecule has 1 aliphatic heterocycles. The molecule has 2 atom stereocenters. The van der Waals surface area contributed by atoms with Crippen molar-refractivity contribution in [2.24, 2.45) is 0 Å². The molecule has 3 nitrogen and oxygen atoms in total. The van der Waals surface area contributed by atoms with Crippen LogP contribution in [-0.2, 0) is 4.74 Å². The lowest BCUT2D eigenvalue weighted by molar-refractivity contribution is 0.140. The first kappa shape index (κ1) is 13.7. The van der Waals surface area contributed by atoms with Crippen molar-refractivity contribution in [2.75, 3.05) is 19.8 Å². The number of hydrogen-bond donors (Lipinski definition) is 1. The molecule has 100 valence electrons. The molecule has 0 aliphatic carbocycles. The summed E-state index contributed by atoms with van der Waals surface area (Å²) >= 11 is 6.07. The molecule has 0 saturated carbocycles. The van der Waals surface area contributed by atoms with Crippen LogP contribution >= 0.6 is 11.6 Å². The molecule has 1 aliphatic rings. The third kappa shape index (κ3) is 3.37. The number of nitrogens with one attached hydrogen (secondary N) is 1. The van der Waals surface area contributed by atoms with Crippen LogP contribution in [-0.4, -0.2) is 25.9 Å². The van der Waals surface area contributed by atoms with E-state index in [-0.39, 0.29) is 12.1 Å². The lowest BCUT2D eigenvalue weighted by Gasteiger charge is -2.20. The van der Waals surface area contributed by atoms with Crippen molar-refractivity contribution in [3.8, 4) is 5.75 Å². The van der Waals surface area contributed by atoms with E-state index < -0.39 is 0 Å². The topological polar surface area (TPSA) is 30.5 Å². The fourth-order valence-electron chi connectivity index (χ4n) is 2.17. The van der Waals surface area contributed by atoms with Crippen LogP contribution in [0.25, 0.3) is 0 Å². The van der Waals surface area contributed by atoms with Crippen LogP contribution in [0.1, 0.15) is 31.9 Å². The number of halogens is 1. The highest BCUT2D eigenvalue weighted by molar-refractivity contribution is 6.30. The Morgan fingerprint density at radius 3 is 3.06 bits per heavy atom. The van der Waals surface area contributed by atoms with E-state index in [2.05, 4.69) is 19.2 Å². The zero-order valence-corrected chi connectivity index (χ0v) is 11.7. The largest absolute Gasteiger partial charge is 0.488 e. The lowest BCUT2D eigenvalue weighted by atomic mass is 10.1. The Balaban J connectivity index is 2.16. The summed E-state index contributed by atoms with van der Waals surface area (Å²) in [5.41, 5.74) is 1.11. The molecule has 2 unspecified atom stereocenters. The van der Waals surface area contributed by atoms with Gasteiger partial charge < -0.3 is 14.8 Å². The molecule has 1 heterocycles. The van der Waals surface area contributed by atoms with Crippen LogP contribution in [0.4, 0.5) is 0 Å². The van der Waals surface area contributed by atoms with Crippen molar-refractivity contribution in [3.05, 3.63) is 28.8 Å². The lowest BCUT2D eigenvalue weighted by Crippen LogP contribution is -2.21. The molecule has 0 bridgehead atoms. The van der Waals surface area contributed by atoms with Gasteiger partial charge in [-0.25, -0.2) is 0 Å². The summed E-state index contributed by atoms with van der Waals surface area (Å²) in [6.45, 7) is 6.59. The van der Waals surface area contributed by atoms with Crippen molar-refractivity contribution in [2.45, 2.75) is 32.4 Å². The first-order chi connectivity index (χ1) is 8.70. The standard InChI is InChI=1S/C14H20ClNO2/c1-3-16-10(2)13-8-11(15)4-5-14(13)18-12-6-7-17-9-12/h4-5,8,10,12,16H,3,6-7,9H2,1-2H3. The van der Waals surface area contributed by atoms with Crippen LogP contribution < -0.4 is 10.1 Å². The molecule has 4 heteroatoms. The first-order valence-electron chi connectivity index (χ1n) is 6.48. The molecule has 1 aromatic carbocycles. The quantitative estimate of drug-likeness (QED) is 0.891. The summed E-state index contributed by atoms with van der Waals surface area (Å²) in [4.78, 5) is 0. The summed E-state index contributed by atoms with van der Waals surface area (Å²) in [5.74, 6) is 0.906. The number of benzene rings is 1. The SMILES string of the molecule is CCNC(C)c1cc(Cl)ccc1OC1CCOC1. The fraction of sp³-hybridized carbons (Fsp3) is 0.571. The zero-order valence-electron chi connectivity index (χ0n) is 10.9. The summed E-state index contributed by atoms with van der Waals surface area (Å²) in [6, 6.07) is 6.02. The fourth-order valence-corrected chi connectivity index (χ4v) is 2.35. The second-order valence-electron chi connectivity index (χ2n) is 4.56. The van der Waals surface area contributed by atoms with Crippen LogP contribution in [0.5, 0.6) is 5.75 Å². The van der Waals surface area contributed by atoms with Gasteiger partial charge in [-0.3, -0.25) is 0 Å². The molecular formula is C14H20ClNO2. The van der Waals surface area contributed by atoms with Crippen LogP contribution in [0.2, 0.25) is 5.02 Å². The average Bonchev–Trinajstić information content (AvgIpc) is 2.84. The monoisotopic (exact) mass is 269 g/mol. The predicted molar refractivity (Wildman–Crippen MR) is 73.4 cm³/mol. The molecule has 2 rings (SSSR count). The van der Waals surface area contributed by atoms with Crippen molar-refractivity contribution in [1.82, 2.24) is 5.32 Å². The van der Waals surface area contributed by atoms with Gasteiger partial charge in [0.2, 0.25) is 0 Å². The van der Waals surface area contributed by atoms with Gasteiger partial charge in [-0.15, -0.1) is 0 Å². The van der Waals surface area contributed by atoms with Crippen LogP contribution in [0, 0.1) is 0 Å². The molecule has 1 N–H and O–H groups in total. The third-order valence-electron chi connectivity index (χ3n) is 3.13. The zero-order chi connectivity index (χ0) is 13.0. The van der Waals surface area contributed by atoms with Gasteiger partial charge in [-0.05, 0) is 31.7 Å². The Hall–Kier alpha value is -0.770. The van der Waals surface area contributed by atoms with E-state index in [9.17, 15) is 0 Å². The molecule has 0 spiro atoms. The van der Waals surface area contributed by atoms with Gasteiger partial charge in [-0.2, -0.15) is 0 Å². The maximum Gasteiger partial charge on any atom is 0.124 e. The van der Waals surface area contributed by atoms with Gasteiger partial charge >= 0.3 is 0 Å². The average molecular weight is 270 g/mol. The highest BCUT2D eigenvalue weighted by Crippen LogP contribution is 2.30. The second kappa shape index (κ2) is 6.41. The normalized spacial score (nSPS) is 20.9. The Morgan fingerprint density at radius 2 is 2.39 bits per heavy atom. The van der Waals surface area contributed by atoms with E-state index in [1.807, 2.05) is 18.2 Å². The van der Waals surface area contributed by atoms with Crippen molar-refractivity contribution in [3.63, 3.8) is 0 Å². The molecule has 1 fully saturated rings. The minimum Gasteiger partial charge on any atom is -0.488 e. The smallest absolute Gasteiger partial charge is 0.124 e. The Bertz CT molecular complexity index is 391. The number of hydrogen-bond acceptors (Lipinski definition) is 3. The molecule has 0 amide bonds. The van der Waals surface area contributed by atoms with E-state index in [0.717, 1.165) is 35.9 Å². The Labute approximate surface area is 113 Å². The number of ether oxygens (including phenoxy) is 2. The van der Waals surface area contributed by atoms with E-state index in [1.165, 1.54) is 0 Å². The molecular weight excluding hydrogens is 250 g/mol. The molecule has 1 aromatic rings. The maximum atomic E-state index is 6.07. The van der Waals surface area contributed by atoms with Gasteiger partial charge in [-0.1, -0.05) is 18.5 Å². The van der Waals surface area contributed by atoms with Crippen LogP contribution in [0.3, 0.4) is 0 Å². The van der Waals surface area contributed by atoms with Crippen LogP contribution in [0.15, 0.2) is 18.2 Å². The van der Waals surface area contributed by atoms with Crippen molar-refractivity contribution < 1.29 is 9.47 Å². The summed E-state index contributed by atoms with van der Waals surface area (Å²) in [6.07, 6.45) is 1.12. The predicted octanol–water partition coefficient (Wildman–Crippen LogP) is 3.18. The van der Waals surface area contributed by atoms with E-state index in [4.69, 9.17) is 21.1 Å². The summed E-state index contributed by atoms with van der Waals surface area (Å²) in [7, 11) is 0. The minimum absolute atomic E-state index is 0.166. The second-order valence-corrected chi connectivity index (χ2v) is 5.00. The summed E-state index contributed by atoms with van der Waals surface area (Å²) < 4.78 is 11.3.